The third-order valence-electron chi connectivity index (χ3n) is 5.34. The highest BCUT2D eigenvalue weighted by molar-refractivity contribution is 5.94. The first kappa shape index (κ1) is 15.0. The highest BCUT2D eigenvalue weighted by atomic mass is 16.5. The number of anilines is 1. The predicted octanol–water partition coefficient (Wildman–Crippen LogP) is 3.39. The van der Waals surface area contributed by atoms with Gasteiger partial charge in [0.15, 0.2) is 0 Å². The maximum atomic E-state index is 5.45. The van der Waals surface area contributed by atoms with E-state index in [9.17, 15) is 0 Å². The SMILES string of the molecule is c1ccc2c(N3CCC(CN4CCOCC4)CC3)cccc2c1. The van der Waals surface area contributed by atoms with Gasteiger partial charge >= 0.3 is 0 Å². The third-order valence-corrected chi connectivity index (χ3v) is 5.34. The number of morpholine rings is 1. The van der Waals surface area contributed by atoms with Crippen molar-refractivity contribution in [3.63, 3.8) is 0 Å². The van der Waals surface area contributed by atoms with Crippen molar-refractivity contribution in [1.82, 2.24) is 4.90 Å². The summed E-state index contributed by atoms with van der Waals surface area (Å²) in [5, 5.41) is 2.74. The van der Waals surface area contributed by atoms with Crippen LogP contribution in [-0.2, 0) is 4.74 Å². The Bertz CT molecular complexity index is 638. The molecule has 0 saturated carbocycles. The van der Waals surface area contributed by atoms with Gasteiger partial charge in [-0.05, 0) is 30.2 Å². The first-order valence-electron chi connectivity index (χ1n) is 8.93. The quantitative estimate of drug-likeness (QED) is 0.864. The smallest absolute Gasteiger partial charge is 0.0594 e. The number of ether oxygens (including phenoxy) is 1. The number of benzene rings is 2. The van der Waals surface area contributed by atoms with Crippen molar-refractivity contribution < 1.29 is 4.74 Å². The van der Waals surface area contributed by atoms with E-state index < -0.39 is 0 Å². The lowest BCUT2D eigenvalue weighted by Gasteiger charge is -2.37. The molecule has 0 spiro atoms. The maximum Gasteiger partial charge on any atom is 0.0594 e. The Hall–Kier alpha value is -1.58. The van der Waals surface area contributed by atoms with E-state index in [1.165, 1.54) is 48.9 Å². The molecule has 0 aliphatic carbocycles. The molecule has 0 unspecified atom stereocenters. The van der Waals surface area contributed by atoms with Gasteiger partial charge in [-0.2, -0.15) is 0 Å². The number of hydrogen-bond acceptors (Lipinski definition) is 3. The van der Waals surface area contributed by atoms with Crippen LogP contribution in [0.1, 0.15) is 12.8 Å². The largest absolute Gasteiger partial charge is 0.379 e. The van der Waals surface area contributed by atoms with Crippen molar-refractivity contribution in [3.8, 4) is 0 Å². The zero-order valence-electron chi connectivity index (χ0n) is 13.8. The molecule has 2 aromatic rings. The van der Waals surface area contributed by atoms with Crippen LogP contribution in [0.2, 0.25) is 0 Å². The summed E-state index contributed by atoms with van der Waals surface area (Å²) in [7, 11) is 0. The number of rotatable bonds is 3. The molecule has 2 aliphatic rings. The van der Waals surface area contributed by atoms with Crippen molar-refractivity contribution in [1.29, 1.82) is 0 Å². The van der Waals surface area contributed by atoms with Crippen LogP contribution in [0, 0.1) is 5.92 Å². The fourth-order valence-electron chi connectivity index (χ4n) is 3.99. The van der Waals surface area contributed by atoms with E-state index in [1.54, 1.807) is 0 Å². The van der Waals surface area contributed by atoms with E-state index in [0.717, 1.165) is 32.2 Å². The van der Waals surface area contributed by atoms with Gasteiger partial charge in [-0.25, -0.2) is 0 Å². The number of nitrogens with zero attached hydrogens (tertiary/aromatic N) is 2. The lowest BCUT2D eigenvalue weighted by molar-refractivity contribution is 0.0289. The Morgan fingerprint density at radius 1 is 0.870 bits per heavy atom. The van der Waals surface area contributed by atoms with Crippen LogP contribution < -0.4 is 4.90 Å². The molecule has 0 N–H and O–H groups in total. The molecule has 4 rings (SSSR count). The minimum Gasteiger partial charge on any atom is -0.379 e. The van der Waals surface area contributed by atoms with Gasteiger partial charge in [-0.3, -0.25) is 4.90 Å². The normalized spacial score (nSPS) is 21.0. The van der Waals surface area contributed by atoms with Gasteiger partial charge in [-0.15, -0.1) is 0 Å². The third kappa shape index (κ3) is 3.36. The number of piperidine rings is 1. The molecular weight excluding hydrogens is 284 g/mol. The first-order chi connectivity index (χ1) is 11.4. The molecule has 2 heterocycles. The summed E-state index contributed by atoms with van der Waals surface area (Å²) in [5.41, 5.74) is 1.41. The molecule has 2 aromatic carbocycles. The van der Waals surface area contributed by atoms with Crippen LogP contribution in [-0.4, -0.2) is 50.8 Å². The fourth-order valence-corrected chi connectivity index (χ4v) is 3.99. The molecule has 2 aliphatic heterocycles. The van der Waals surface area contributed by atoms with Crippen LogP contribution in [0.5, 0.6) is 0 Å². The van der Waals surface area contributed by atoms with Crippen molar-refractivity contribution in [2.45, 2.75) is 12.8 Å². The van der Waals surface area contributed by atoms with Gasteiger partial charge in [0.2, 0.25) is 0 Å². The molecular formula is C20H26N2O. The standard InChI is InChI=1S/C20H26N2O/c1-2-6-19-18(4-1)5-3-7-20(19)22-10-8-17(9-11-22)16-21-12-14-23-15-13-21/h1-7,17H,8-16H2. The summed E-state index contributed by atoms with van der Waals surface area (Å²) in [6.45, 7) is 7.68. The van der Waals surface area contributed by atoms with Gasteiger partial charge in [0.25, 0.3) is 0 Å². The van der Waals surface area contributed by atoms with Gasteiger partial charge in [0.1, 0.15) is 0 Å². The Balaban J connectivity index is 1.40. The lowest BCUT2D eigenvalue weighted by atomic mass is 9.95. The van der Waals surface area contributed by atoms with Crippen LogP contribution >= 0.6 is 0 Å². The molecule has 0 atom stereocenters. The van der Waals surface area contributed by atoms with Gasteiger partial charge in [0.05, 0.1) is 13.2 Å². The molecule has 3 nitrogen and oxygen atoms in total. The zero-order chi connectivity index (χ0) is 15.5. The van der Waals surface area contributed by atoms with E-state index in [-0.39, 0.29) is 0 Å². The van der Waals surface area contributed by atoms with Crippen LogP contribution in [0.4, 0.5) is 5.69 Å². The Morgan fingerprint density at radius 3 is 2.43 bits per heavy atom. The van der Waals surface area contributed by atoms with Crippen molar-refractivity contribution in [2.24, 2.45) is 5.92 Å². The second-order valence-electron chi connectivity index (χ2n) is 6.84. The Kier molecular flexibility index (Phi) is 4.49. The first-order valence-corrected chi connectivity index (χ1v) is 8.93. The van der Waals surface area contributed by atoms with Crippen molar-refractivity contribution in [3.05, 3.63) is 42.5 Å². The molecule has 0 bridgehead atoms. The van der Waals surface area contributed by atoms with Crippen LogP contribution in [0.3, 0.4) is 0 Å². The van der Waals surface area contributed by atoms with E-state index in [0.29, 0.717) is 0 Å². The number of fused-ring (bicyclic) bond motifs is 1. The lowest BCUT2D eigenvalue weighted by Crippen LogP contribution is -2.42. The zero-order valence-corrected chi connectivity index (χ0v) is 13.8. The van der Waals surface area contributed by atoms with E-state index >= 15 is 0 Å². The van der Waals surface area contributed by atoms with E-state index in [2.05, 4.69) is 52.3 Å². The molecule has 2 saturated heterocycles. The maximum absolute atomic E-state index is 5.45. The Morgan fingerprint density at radius 2 is 1.61 bits per heavy atom. The summed E-state index contributed by atoms with van der Waals surface area (Å²) < 4.78 is 5.45. The summed E-state index contributed by atoms with van der Waals surface area (Å²) in [6, 6.07) is 15.4. The van der Waals surface area contributed by atoms with Crippen molar-refractivity contribution in [2.75, 3.05) is 50.8 Å². The summed E-state index contributed by atoms with van der Waals surface area (Å²) in [5.74, 6) is 0.847. The minimum atomic E-state index is 0.847. The van der Waals surface area contributed by atoms with E-state index in [1.807, 2.05) is 0 Å². The summed E-state index contributed by atoms with van der Waals surface area (Å²) in [6.07, 6.45) is 2.61. The van der Waals surface area contributed by atoms with Gasteiger partial charge in [0, 0.05) is 43.8 Å². The Labute approximate surface area is 138 Å². The van der Waals surface area contributed by atoms with Gasteiger partial charge in [-0.1, -0.05) is 36.4 Å². The second-order valence-corrected chi connectivity index (χ2v) is 6.84. The molecule has 3 heteroatoms. The molecule has 122 valence electrons. The van der Waals surface area contributed by atoms with Gasteiger partial charge < -0.3 is 9.64 Å². The molecule has 0 radical (unpaired) electrons. The minimum absolute atomic E-state index is 0.847. The average Bonchev–Trinajstić information content (AvgIpc) is 2.63. The second kappa shape index (κ2) is 6.90. The molecule has 0 amide bonds. The monoisotopic (exact) mass is 310 g/mol. The highest BCUT2D eigenvalue weighted by Gasteiger charge is 2.23. The molecule has 0 aromatic heterocycles. The topological polar surface area (TPSA) is 15.7 Å². The van der Waals surface area contributed by atoms with Crippen molar-refractivity contribution >= 4 is 16.5 Å². The molecule has 2 fully saturated rings. The highest BCUT2D eigenvalue weighted by Crippen LogP contribution is 2.30. The summed E-state index contributed by atoms with van der Waals surface area (Å²) >= 11 is 0. The van der Waals surface area contributed by atoms with E-state index in [4.69, 9.17) is 4.74 Å². The fraction of sp³-hybridized carbons (Fsp3) is 0.500. The van der Waals surface area contributed by atoms with Crippen LogP contribution in [0.15, 0.2) is 42.5 Å². The average molecular weight is 310 g/mol. The molecule has 23 heavy (non-hydrogen) atoms. The predicted molar refractivity (Wildman–Crippen MR) is 96.1 cm³/mol. The summed E-state index contributed by atoms with van der Waals surface area (Å²) in [4.78, 5) is 5.17. The van der Waals surface area contributed by atoms with Crippen LogP contribution in [0.25, 0.3) is 10.8 Å². The number of hydrogen-bond donors (Lipinski definition) is 0.